The van der Waals surface area contributed by atoms with E-state index in [-0.39, 0.29) is 17.3 Å². The summed E-state index contributed by atoms with van der Waals surface area (Å²) in [4.78, 5) is 34.2. The summed E-state index contributed by atoms with van der Waals surface area (Å²) in [6.07, 6.45) is 1.24. The van der Waals surface area contributed by atoms with Crippen molar-refractivity contribution in [2.24, 2.45) is 0 Å². The third-order valence-corrected chi connectivity index (χ3v) is 5.65. The van der Waals surface area contributed by atoms with Gasteiger partial charge >= 0.3 is 5.69 Å². The molecule has 0 aliphatic rings. The standard InChI is InChI=1S/C25H21BrN6O3/c26-21-13-11-20(12-14-21)25(33)30-29-23-22(32(34)35)24(28-17-27-23)31(15-18-7-3-1-4-8-18)16-19-9-5-2-6-10-19/h1-14,17H,15-16H2,(H,30,33)(H,27,28,29). The van der Waals surface area contributed by atoms with Crippen molar-refractivity contribution in [3.8, 4) is 0 Å². The number of rotatable bonds is 9. The van der Waals surface area contributed by atoms with E-state index in [2.05, 4.69) is 36.7 Å². The minimum Gasteiger partial charge on any atom is -0.342 e. The molecule has 1 aromatic heterocycles. The Balaban J connectivity index is 1.65. The Bertz CT molecular complexity index is 1260. The maximum atomic E-state index is 12.5. The summed E-state index contributed by atoms with van der Waals surface area (Å²) in [5.41, 5.74) is 7.06. The van der Waals surface area contributed by atoms with Gasteiger partial charge in [0.05, 0.1) is 4.92 Å². The number of hydrogen-bond donors (Lipinski definition) is 2. The molecule has 4 rings (SSSR count). The van der Waals surface area contributed by atoms with E-state index < -0.39 is 10.8 Å². The highest BCUT2D eigenvalue weighted by Crippen LogP contribution is 2.33. The average molecular weight is 533 g/mol. The van der Waals surface area contributed by atoms with Gasteiger partial charge in [-0.25, -0.2) is 9.97 Å². The first-order valence-corrected chi connectivity index (χ1v) is 11.4. The zero-order valence-corrected chi connectivity index (χ0v) is 20.1. The fourth-order valence-corrected chi connectivity index (χ4v) is 3.73. The van der Waals surface area contributed by atoms with Crippen LogP contribution in [-0.2, 0) is 13.1 Å². The largest absolute Gasteiger partial charge is 0.355 e. The summed E-state index contributed by atoms with van der Waals surface area (Å²) in [5.74, 6) is -0.438. The summed E-state index contributed by atoms with van der Waals surface area (Å²) >= 11 is 3.32. The topological polar surface area (TPSA) is 113 Å². The number of carbonyl (C=O) groups excluding carboxylic acids is 1. The minimum absolute atomic E-state index is 0.114. The van der Waals surface area contributed by atoms with Gasteiger partial charge in [0.25, 0.3) is 5.91 Å². The quantitative estimate of drug-likeness (QED) is 0.227. The van der Waals surface area contributed by atoms with Gasteiger partial charge in [-0.3, -0.25) is 25.8 Å². The fourth-order valence-electron chi connectivity index (χ4n) is 3.46. The summed E-state index contributed by atoms with van der Waals surface area (Å²) < 4.78 is 0.829. The van der Waals surface area contributed by atoms with Crippen molar-refractivity contribution >= 4 is 39.2 Å². The van der Waals surface area contributed by atoms with Crippen LogP contribution in [0.1, 0.15) is 21.5 Å². The van der Waals surface area contributed by atoms with E-state index in [1.165, 1.54) is 6.33 Å². The fraction of sp³-hybridized carbons (Fsp3) is 0.0800. The Kier molecular flexibility index (Phi) is 7.63. The molecule has 0 fully saturated rings. The molecule has 35 heavy (non-hydrogen) atoms. The van der Waals surface area contributed by atoms with Crippen molar-refractivity contribution in [2.45, 2.75) is 13.1 Å². The van der Waals surface area contributed by atoms with Crippen LogP contribution in [0.15, 0.2) is 95.7 Å². The lowest BCUT2D eigenvalue weighted by Gasteiger charge is -2.24. The van der Waals surface area contributed by atoms with Gasteiger partial charge in [-0.2, -0.15) is 0 Å². The Labute approximate surface area is 210 Å². The third-order valence-electron chi connectivity index (χ3n) is 5.12. The van der Waals surface area contributed by atoms with Crippen LogP contribution in [0.2, 0.25) is 0 Å². The maximum absolute atomic E-state index is 12.5. The van der Waals surface area contributed by atoms with E-state index in [9.17, 15) is 14.9 Å². The second kappa shape index (κ2) is 11.2. The number of amides is 1. The van der Waals surface area contributed by atoms with E-state index in [4.69, 9.17) is 0 Å². The Hall–Kier alpha value is -4.31. The molecule has 0 aliphatic carbocycles. The van der Waals surface area contributed by atoms with Gasteiger partial charge in [0.15, 0.2) is 0 Å². The Morgan fingerprint density at radius 1 is 0.886 bits per heavy atom. The predicted octanol–water partition coefficient (Wildman–Crippen LogP) is 5.11. The predicted molar refractivity (Wildman–Crippen MR) is 137 cm³/mol. The molecular weight excluding hydrogens is 512 g/mol. The average Bonchev–Trinajstić information content (AvgIpc) is 2.88. The second-order valence-electron chi connectivity index (χ2n) is 7.56. The monoisotopic (exact) mass is 532 g/mol. The number of carbonyl (C=O) groups is 1. The molecule has 0 radical (unpaired) electrons. The Morgan fingerprint density at radius 2 is 1.46 bits per heavy atom. The third kappa shape index (κ3) is 6.18. The van der Waals surface area contributed by atoms with Gasteiger partial charge in [-0.1, -0.05) is 76.6 Å². The smallest absolute Gasteiger partial charge is 0.342 e. The lowest BCUT2D eigenvalue weighted by atomic mass is 10.1. The first-order valence-electron chi connectivity index (χ1n) is 10.7. The Morgan fingerprint density at radius 3 is 2.00 bits per heavy atom. The minimum atomic E-state index is -0.549. The number of anilines is 2. The van der Waals surface area contributed by atoms with E-state index in [0.29, 0.717) is 18.7 Å². The molecule has 3 aromatic carbocycles. The number of aromatic nitrogens is 2. The molecule has 0 unspecified atom stereocenters. The van der Waals surface area contributed by atoms with Crippen LogP contribution in [-0.4, -0.2) is 20.8 Å². The highest BCUT2D eigenvalue weighted by molar-refractivity contribution is 9.10. The molecule has 0 atom stereocenters. The lowest BCUT2D eigenvalue weighted by Crippen LogP contribution is -2.31. The number of hydrogen-bond acceptors (Lipinski definition) is 7. The highest BCUT2D eigenvalue weighted by Gasteiger charge is 2.28. The van der Waals surface area contributed by atoms with Crippen molar-refractivity contribution in [2.75, 3.05) is 10.3 Å². The molecule has 176 valence electrons. The van der Waals surface area contributed by atoms with Crippen molar-refractivity contribution in [3.05, 3.63) is 123 Å². The molecule has 1 heterocycles. The molecule has 4 aromatic rings. The lowest BCUT2D eigenvalue weighted by molar-refractivity contribution is -0.383. The molecule has 10 heteroatoms. The second-order valence-corrected chi connectivity index (χ2v) is 8.48. The van der Waals surface area contributed by atoms with Crippen molar-refractivity contribution in [1.29, 1.82) is 0 Å². The van der Waals surface area contributed by atoms with Crippen LogP contribution >= 0.6 is 15.9 Å². The summed E-state index contributed by atoms with van der Waals surface area (Å²) in [5, 5.41) is 12.1. The van der Waals surface area contributed by atoms with Crippen LogP contribution in [0.5, 0.6) is 0 Å². The molecule has 0 saturated carbocycles. The van der Waals surface area contributed by atoms with Gasteiger partial charge in [-0.15, -0.1) is 0 Å². The molecule has 0 saturated heterocycles. The van der Waals surface area contributed by atoms with Crippen LogP contribution in [0.3, 0.4) is 0 Å². The van der Waals surface area contributed by atoms with Gasteiger partial charge in [-0.05, 0) is 35.4 Å². The number of nitrogens with one attached hydrogen (secondary N) is 2. The number of hydrazine groups is 1. The zero-order chi connectivity index (χ0) is 24.6. The molecule has 0 bridgehead atoms. The van der Waals surface area contributed by atoms with Gasteiger partial charge in [0, 0.05) is 23.1 Å². The zero-order valence-electron chi connectivity index (χ0n) is 18.5. The van der Waals surface area contributed by atoms with E-state index in [1.54, 1.807) is 24.3 Å². The van der Waals surface area contributed by atoms with E-state index >= 15 is 0 Å². The van der Waals surface area contributed by atoms with Crippen LogP contribution in [0, 0.1) is 10.1 Å². The van der Waals surface area contributed by atoms with Crippen molar-refractivity contribution in [3.63, 3.8) is 0 Å². The summed E-state index contributed by atoms with van der Waals surface area (Å²) in [7, 11) is 0. The van der Waals surface area contributed by atoms with Crippen molar-refractivity contribution < 1.29 is 9.72 Å². The van der Waals surface area contributed by atoms with Crippen LogP contribution in [0.4, 0.5) is 17.3 Å². The van der Waals surface area contributed by atoms with E-state index in [0.717, 1.165) is 15.6 Å². The number of nitro groups is 1. The van der Waals surface area contributed by atoms with Crippen molar-refractivity contribution in [1.82, 2.24) is 15.4 Å². The van der Waals surface area contributed by atoms with Gasteiger partial charge in [0.2, 0.25) is 11.6 Å². The first kappa shape index (κ1) is 23.8. The molecule has 1 amide bonds. The molecule has 0 spiro atoms. The molecule has 0 aliphatic heterocycles. The van der Waals surface area contributed by atoms with Gasteiger partial charge < -0.3 is 4.90 Å². The van der Waals surface area contributed by atoms with Gasteiger partial charge in [0.1, 0.15) is 6.33 Å². The molecule has 9 nitrogen and oxygen atoms in total. The number of benzene rings is 3. The molecule has 2 N–H and O–H groups in total. The maximum Gasteiger partial charge on any atom is 0.355 e. The number of nitrogens with zero attached hydrogens (tertiary/aromatic N) is 4. The normalized spacial score (nSPS) is 10.4. The number of halogens is 1. The SMILES string of the molecule is O=C(NNc1ncnc(N(Cc2ccccc2)Cc2ccccc2)c1[N+](=O)[O-])c1ccc(Br)cc1. The van der Waals surface area contributed by atoms with Crippen LogP contribution < -0.4 is 15.8 Å². The summed E-state index contributed by atoms with van der Waals surface area (Å²) in [6, 6.07) is 26.0. The van der Waals surface area contributed by atoms with E-state index in [1.807, 2.05) is 65.6 Å². The highest BCUT2D eigenvalue weighted by atomic mass is 79.9. The summed E-state index contributed by atoms with van der Waals surface area (Å²) in [6.45, 7) is 0.774. The first-order chi connectivity index (χ1) is 17.0. The molecular formula is C25H21BrN6O3. The van der Waals surface area contributed by atoms with Crippen LogP contribution in [0.25, 0.3) is 0 Å².